The Morgan fingerprint density at radius 3 is 2.53 bits per heavy atom. The lowest BCUT2D eigenvalue weighted by atomic mass is 10.1. The molecular formula is C29H33N5O2. The quantitative estimate of drug-likeness (QED) is 0.324. The lowest BCUT2D eigenvalue weighted by Gasteiger charge is -2.14. The van der Waals surface area contributed by atoms with Crippen LogP contribution in [-0.4, -0.2) is 64.3 Å². The fourth-order valence-electron chi connectivity index (χ4n) is 4.84. The average Bonchev–Trinajstić information content (AvgIpc) is 3.58. The number of benzene rings is 2. The third-order valence-electron chi connectivity index (χ3n) is 6.89. The summed E-state index contributed by atoms with van der Waals surface area (Å²) in [5.41, 5.74) is 5.70. The van der Waals surface area contributed by atoms with Gasteiger partial charge in [-0.25, -0.2) is 14.6 Å². The fourth-order valence-corrected chi connectivity index (χ4v) is 4.84. The van der Waals surface area contributed by atoms with Crippen LogP contribution in [-0.2, 0) is 17.7 Å². The Bertz CT molecular complexity index is 1330. The number of fused-ring (bicyclic) bond motifs is 1. The molecule has 0 radical (unpaired) electrons. The van der Waals surface area contributed by atoms with Gasteiger partial charge < -0.3 is 4.90 Å². The summed E-state index contributed by atoms with van der Waals surface area (Å²) in [4.78, 5) is 24.9. The van der Waals surface area contributed by atoms with Crippen LogP contribution in [0.3, 0.4) is 0 Å². The van der Waals surface area contributed by atoms with E-state index >= 15 is 0 Å². The molecule has 2 aromatic carbocycles. The minimum atomic E-state index is -0.203. The zero-order chi connectivity index (χ0) is 24.9. The van der Waals surface area contributed by atoms with E-state index in [0.717, 1.165) is 29.1 Å². The third-order valence-corrected chi connectivity index (χ3v) is 6.89. The molecule has 5 rings (SSSR count). The Hall–Kier alpha value is -3.55. The Kier molecular flexibility index (Phi) is 7.39. The van der Waals surface area contributed by atoms with E-state index in [1.807, 2.05) is 40.9 Å². The van der Waals surface area contributed by atoms with Crippen molar-refractivity contribution >= 4 is 11.6 Å². The van der Waals surface area contributed by atoms with Crippen molar-refractivity contribution in [3.8, 4) is 11.3 Å². The van der Waals surface area contributed by atoms with Crippen molar-refractivity contribution in [3.63, 3.8) is 0 Å². The number of likely N-dealkylation sites (tertiary alicyclic amines) is 1. The highest BCUT2D eigenvalue weighted by Crippen LogP contribution is 2.22. The zero-order valence-electron chi connectivity index (χ0n) is 21.1. The summed E-state index contributed by atoms with van der Waals surface area (Å²) in [5, 5.41) is 6.02. The fraction of sp³-hybridized carbons (Fsp3) is 0.345. The van der Waals surface area contributed by atoms with Gasteiger partial charge in [0.2, 0.25) is 0 Å². The molecule has 1 aliphatic rings. The Morgan fingerprint density at radius 1 is 1.00 bits per heavy atom. The van der Waals surface area contributed by atoms with Gasteiger partial charge in [0.1, 0.15) is 0 Å². The van der Waals surface area contributed by atoms with E-state index < -0.39 is 0 Å². The largest absolute Gasteiger partial charge is 0.303 e. The molecule has 0 unspecified atom stereocenters. The van der Waals surface area contributed by atoms with Gasteiger partial charge >= 0.3 is 0 Å². The maximum absolute atomic E-state index is 12.5. The van der Waals surface area contributed by atoms with Gasteiger partial charge in [0.05, 0.1) is 12.8 Å². The van der Waals surface area contributed by atoms with Crippen LogP contribution in [0.1, 0.15) is 46.6 Å². The van der Waals surface area contributed by atoms with Gasteiger partial charge in [-0.2, -0.15) is 5.10 Å². The molecule has 4 aromatic rings. The SMILES string of the molecule is CON(C)C(=O)c1cccc(-c2cccc3nc(Cc4ccc(CCCN5CCCC5)cc4)nn23)c1. The number of carbonyl (C=O) groups is 1. The standard InChI is InChI=1S/C29H33N5O2/c1-32(36-2)29(35)25-10-5-9-24(21-25)26-11-6-12-28-30-27(31-34(26)28)20-23-15-13-22(14-16-23)8-7-19-33-17-3-4-18-33/h5-6,9-16,21H,3-4,7-8,17-20H2,1-2H3. The molecule has 36 heavy (non-hydrogen) atoms. The van der Waals surface area contributed by atoms with E-state index in [2.05, 4.69) is 29.2 Å². The normalized spacial score (nSPS) is 13.9. The zero-order valence-corrected chi connectivity index (χ0v) is 21.1. The topological polar surface area (TPSA) is 63.0 Å². The number of aromatic nitrogens is 3. The number of hydrogen-bond donors (Lipinski definition) is 0. The number of carbonyl (C=O) groups excluding carboxylic acids is 1. The summed E-state index contributed by atoms with van der Waals surface area (Å²) in [6, 6.07) is 22.3. The summed E-state index contributed by atoms with van der Waals surface area (Å²) >= 11 is 0. The maximum atomic E-state index is 12.5. The summed E-state index contributed by atoms with van der Waals surface area (Å²) < 4.78 is 1.85. The van der Waals surface area contributed by atoms with E-state index in [-0.39, 0.29) is 5.91 Å². The van der Waals surface area contributed by atoms with Crippen LogP contribution in [0.15, 0.2) is 66.7 Å². The highest BCUT2D eigenvalue weighted by molar-refractivity contribution is 5.94. The van der Waals surface area contributed by atoms with E-state index in [1.165, 1.54) is 62.2 Å². The lowest BCUT2D eigenvalue weighted by molar-refractivity contribution is -0.0756. The number of rotatable bonds is 9. The molecule has 1 aliphatic heterocycles. The molecule has 0 aliphatic carbocycles. The molecule has 0 N–H and O–H groups in total. The average molecular weight is 484 g/mol. The number of nitrogens with zero attached hydrogens (tertiary/aromatic N) is 5. The van der Waals surface area contributed by atoms with Crippen molar-refractivity contribution < 1.29 is 9.63 Å². The van der Waals surface area contributed by atoms with E-state index in [4.69, 9.17) is 14.9 Å². The summed E-state index contributed by atoms with van der Waals surface area (Å²) in [6.45, 7) is 3.73. The molecule has 1 amide bonds. The first-order valence-corrected chi connectivity index (χ1v) is 12.7. The molecule has 0 atom stereocenters. The van der Waals surface area contributed by atoms with Crippen molar-refractivity contribution in [2.24, 2.45) is 0 Å². The molecular weight excluding hydrogens is 450 g/mol. The highest BCUT2D eigenvalue weighted by atomic mass is 16.7. The third kappa shape index (κ3) is 5.48. The number of pyridine rings is 1. The first-order valence-electron chi connectivity index (χ1n) is 12.7. The van der Waals surface area contributed by atoms with Gasteiger partial charge in [-0.15, -0.1) is 0 Å². The van der Waals surface area contributed by atoms with Gasteiger partial charge in [0.15, 0.2) is 11.5 Å². The van der Waals surface area contributed by atoms with Crippen LogP contribution >= 0.6 is 0 Å². The number of hydroxylamine groups is 2. The first kappa shape index (κ1) is 24.2. The second kappa shape index (κ2) is 11.0. The minimum Gasteiger partial charge on any atom is -0.303 e. The van der Waals surface area contributed by atoms with Crippen molar-refractivity contribution in [1.82, 2.24) is 24.6 Å². The van der Waals surface area contributed by atoms with Crippen LogP contribution in [0.5, 0.6) is 0 Å². The second-order valence-electron chi connectivity index (χ2n) is 9.42. The molecule has 3 heterocycles. The van der Waals surface area contributed by atoms with Gasteiger partial charge in [0.25, 0.3) is 5.91 Å². The van der Waals surface area contributed by atoms with Crippen LogP contribution in [0.25, 0.3) is 16.9 Å². The maximum Gasteiger partial charge on any atom is 0.277 e. The van der Waals surface area contributed by atoms with Crippen molar-refractivity contribution in [3.05, 3.63) is 89.2 Å². The molecule has 7 nitrogen and oxygen atoms in total. The lowest BCUT2D eigenvalue weighted by Crippen LogP contribution is -2.25. The Balaban J connectivity index is 1.29. The van der Waals surface area contributed by atoms with E-state index in [1.54, 1.807) is 13.1 Å². The smallest absolute Gasteiger partial charge is 0.277 e. The number of hydrogen-bond acceptors (Lipinski definition) is 5. The molecule has 0 spiro atoms. The molecule has 186 valence electrons. The van der Waals surface area contributed by atoms with Gasteiger partial charge in [-0.05, 0) is 80.7 Å². The Morgan fingerprint density at radius 2 is 1.75 bits per heavy atom. The van der Waals surface area contributed by atoms with Crippen LogP contribution in [0, 0.1) is 0 Å². The van der Waals surface area contributed by atoms with Crippen molar-refractivity contribution in [2.75, 3.05) is 33.8 Å². The summed E-state index contributed by atoms with van der Waals surface area (Å²) in [7, 11) is 3.07. The summed E-state index contributed by atoms with van der Waals surface area (Å²) in [5.74, 6) is 0.570. The minimum absolute atomic E-state index is 0.203. The van der Waals surface area contributed by atoms with Gasteiger partial charge in [-0.1, -0.05) is 42.5 Å². The van der Waals surface area contributed by atoms with E-state index in [9.17, 15) is 4.79 Å². The predicted molar refractivity (Wildman–Crippen MR) is 141 cm³/mol. The van der Waals surface area contributed by atoms with E-state index in [0.29, 0.717) is 12.0 Å². The number of amides is 1. The van der Waals surface area contributed by atoms with Crippen molar-refractivity contribution in [1.29, 1.82) is 0 Å². The molecule has 2 aromatic heterocycles. The highest BCUT2D eigenvalue weighted by Gasteiger charge is 2.15. The number of aryl methyl sites for hydroxylation is 1. The van der Waals surface area contributed by atoms with Crippen LogP contribution < -0.4 is 0 Å². The van der Waals surface area contributed by atoms with Crippen LogP contribution in [0.4, 0.5) is 0 Å². The first-order chi connectivity index (χ1) is 17.6. The molecule has 1 fully saturated rings. The molecule has 0 saturated carbocycles. The second-order valence-corrected chi connectivity index (χ2v) is 9.42. The predicted octanol–water partition coefficient (Wildman–Crippen LogP) is 4.65. The molecule has 1 saturated heterocycles. The monoisotopic (exact) mass is 483 g/mol. The molecule has 7 heteroatoms. The van der Waals surface area contributed by atoms with Crippen molar-refractivity contribution in [2.45, 2.75) is 32.1 Å². The summed E-state index contributed by atoms with van der Waals surface area (Å²) in [6.07, 6.45) is 5.71. The van der Waals surface area contributed by atoms with Gasteiger partial charge in [0, 0.05) is 24.6 Å². The van der Waals surface area contributed by atoms with Gasteiger partial charge in [-0.3, -0.25) is 9.63 Å². The van der Waals surface area contributed by atoms with Crippen LogP contribution in [0.2, 0.25) is 0 Å². The Labute approximate surface area is 212 Å². The molecule has 0 bridgehead atoms.